The summed E-state index contributed by atoms with van der Waals surface area (Å²) < 4.78 is 5.33. The number of likely N-dealkylation sites (N-methyl/N-ethyl adjacent to an activating group) is 1. The van der Waals surface area contributed by atoms with Gasteiger partial charge >= 0.3 is 0 Å². The van der Waals surface area contributed by atoms with Crippen LogP contribution in [0, 0.1) is 0 Å². The number of rotatable bonds is 8. The Labute approximate surface area is 138 Å². The number of aryl methyl sites for hydroxylation is 1. The van der Waals surface area contributed by atoms with Crippen molar-refractivity contribution >= 4 is 5.91 Å². The lowest BCUT2D eigenvalue weighted by atomic mass is 10.2. The lowest BCUT2D eigenvalue weighted by molar-refractivity contribution is -0.131. The molecule has 1 aromatic rings. The minimum Gasteiger partial charge on any atom is -0.343 e. The molecule has 1 unspecified atom stereocenters. The van der Waals surface area contributed by atoms with E-state index in [9.17, 15) is 4.79 Å². The highest BCUT2D eigenvalue weighted by Gasteiger charge is 2.25. The van der Waals surface area contributed by atoms with E-state index < -0.39 is 0 Å². The fourth-order valence-electron chi connectivity index (χ4n) is 2.87. The molecular weight excluding hydrogens is 294 g/mol. The van der Waals surface area contributed by atoms with Gasteiger partial charge in [-0.2, -0.15) is 4.98 Å². The Morgan fingerprint density at radius 2 is 2.13 bits per heavy atom. The van der Waals surface area contributed by atoms with E-state index in [1.807, 2.05) is 4.90 Å². The van der Waals surface area contributed by atoms with Crippen molar-refractivity contribution in [3.8, 4) is 0 Å². The summed E-state index contributed by atoms with van der Waals surface area (Å²) in [5.41, 5.74) is 0. The Kier molecular flexibility index (Phi) is 6.98. The number of nitrogens with one attached hydrogen (secondary N) is 1. The zero-order valence-corrected chi connectivity index (χ0v) is 14.5. The predicted octanol–water partition coefficient (Wildman–Crippen LogP) is 1.23. The van der Waals surface area contributed by atoms with Crippen LogP contribution in [0.25, 0.3) is 0 Å². The highest BCUT2D eigenvalue weighted by Crippen LogP contribution is 2.18. The Bertz CT molecular complexity index is 485. The smallest absolute Gasteiger partial charge is 0.227 e. The third-order valence-electron chi connectivity index (χ3n) is 4.19. The molecule has 1 aliphatic rings. The molecule has 1 atom stereocenters. The quantitative estimate of drug-likeness (QED) is 0.775. The van der Waals surface area contributed by atoms with Crippen LogP contribution in [0.4, 0.5) is 0 Å². The monoisotopic (exact) mass is 323 g/mol. The van der Waals surface area contributed by atoms with Crippen molar-refractivity contribution in [1.82, 2.24) is 25.3 Å². The van der Waals surface area contributed by atoms with Gasteiger partial charge in [0.25, 0.3) is 0 Å². The molecule has 1 N–H and O–H groups in total. The first kappa shape index (κ1) is 17.9. The van der Waals surface area contributed by atoms with Crippen LogP contribution in [0.2, 0.25) is 0 Å². The van der Waals surface area contributed by atoms with E-state index >= 15 is 0 Å². The van der Waals surface area contributed by atoms with Crippen molar-refractivity contribution in [1.29, 1.82) is 0 Å². The normalized spacial score (nSPS) is 19.0. The molecule has 23 heavy (non-hydrogen) atoms. The molecule has 0 saturated carbocycles. The first-order chi connectivity index (χ1) is 11.2. The summed E-state index contributed by atoms with van der Waals surface area (Å²) in [6.07, 6.45) is 2.91. The number of hydrogen-bond donors (Lipinski definition) is 1. The maximum Gasteiger partial charge on any atom is 0.227 e. The molecule has 1 aromatic heterocycles. The van der Waals surface area contributed by atoms with Gasteiger partial charge < -0.3 is 14.7 Å². The zero-order chi connectivity index (χ0) is 16.7. The van der Waals surface area contributed by atoms with Gasteiger partial charge in [-0.05, 0) is 19.9 Å². The van der Waals surface area contributed by atoms with Gasteiger partial charge in [-0.15, -0.1) is 0 Å². The third kappa shape index (κ3) is 5.00. The number of carbonyl (C=O) groups excluding carboxylic acids is 1. The summed E-state index contributed by atoms with van der Waals surface area (Å²) in [5.74, 6) is 1.44. The largest absolute Gasteiger partial charge is 0.343 e. The Balaban J connectivity index is 1.87. The minimum atomic E-state index is 0.147. The van der Waals surface area contributed by atoms with Crippen LogP contribution in [0.5, 0.6) is 0 Å². The predicted molar refractivity (Wildman–Crippen MR) is 88.0 cm³/mol. The number of carbonyl (C=O) groups is 1. The van der Waals surface area contributed by atoms with Gasteiger partial charge in [0.15, 0.2) is 5.82 Å². The van der Waals surface area contributed by atoms with E-state index in [1.54, 1.807) is 0 Å². The summed E-state index contributed by atoms with van der Waals surface area (Å²) in [6, 6.07) is 0.147. The summed E-state index contributed by atoms with van der Waals surface area (Å²) in [5, 5.41) is 7.44. The zero-order valence-electron chi connectivity index (χ0n) is 14.5. The van der Waals surface area contributed by atoms with E-state index in [4.69, 9.17) is 4.52 Å². The number of piperazine rings is 1. The van der Waals surface area contributed by atoms with E-state index in [0.717, 1.165) is 45.6 Å². The fourth-order valence-corrected chi connectivity index (χ4v) is 2.87. The van der Waals surface area contributed by atoms with Gasteiger partial charge in [0.2, 0.25) is 11.8 Å². The van der Waals surface area contributed by atoms with Crippen LogP contribution in [0.1, 0.15) is 50.9 Å². The van der Waals surface area contributed by atoms with E-state index in [0.29, 0.717) is 24.6 Å². The Hall–Kier alpha value is -1.47. The summed E-state index contributed by atoms with van der Waals surface area (Å²) >= 11 is 0. The van der Waals surface area contributed by atoms with Gasteiger partial charge in [0.05, 0.1) is 6.04 Å². The van der Waals surface area contributed by atoms with Crippen molar-refractivity contribution < 1.29 is 9.32 Å². The summed E-state index contributed by atoms with van der Waals surface area (Å²) in [4.78, 5) is 20.9. The maximum atomic E-state index is 12.3. The number of nitrogens with zero attached hydrogens (tertiary/aromatic N) is 4. The van der Waals surface area contributed by atoms with Crippen molar-refractivity contribution in [3.63, 3.8) is 0 Å². The molecule has 1 aliphatic heterocycles. The van der Waals surface area contributed by atoms with Crippen LogP contribution >= 0.6 is 0 Å². The second kappa shape index (κ2) is 8.98. The van der Waals surface area contributed by atoms with Gasteiger partial charge in [0.1, 0.15) is 0 Å². The molecule has 2 heterocycles. The fraction of sp³-hybridized carbons (Fsp3) is 0.812. The SMILES string of the molecule is CCCN(CCC)C(=O)CCc1nc(C2CNCCN2C)no1. The van der Waals surface area contributed by atoms with Gasteiger partial charge in [-0.25, -0.2) is 0 Å². The van der Waals surface area contributed by atoms with Crippen LogP contribution in [-0.4, -0.2) is 65.6 Å². The molecule has 130 valence electrons. The first-order valence-corrected chi connectivity index (χ1v) is 8.66. The average molecular weight is 323 g/mol. The summed E-state index contributed by atoms with van der Waals surface area (Å²) in [7, 11) is 2.07. The van der Waals surface area contributed by atoms with Crippen LogP contribution < -0.4 is 5.32 Å². The van der Waals surface area contributed by atoms with Crippen molar-refractivity contribution in [2.75, 3.05) is 39.8 Å². The molecule has 1 fully saturated rings. The average Bonchev–Trinajstić information content (AvgIpc) is 3.01. The number of aromatic nitrogens is 2. The molecule has 1 saturated heterocycles. The molecule has 0 aliphatic carbocycles. The molecule has 7 nitrogen and oxygen atoms in total. The molecule has 1 amide bonds. The standard InChI is InChI=1S/C16H29N5O2/c1-4-9-21(10-5-2)15(22)7-6-14-18-16(19-23-14)13-12-17-8-11-20(13)3/h13,17H,4-12H2,1-3H3. The van der Waals surface area contributed by atoms with Crippen molar-refractivity contribution in [2.45, 2.75) is 45.6 Å². The Morgan fingerprint density at radius 1 is 1.39 bits per heavy atom. The Morgan fingerprint density at radius 3 is 2.78 bits per heavy atom. The number of amides is 1. The molecule has 2 rings (SSSR count). The van der Waals surface area contributed by atoms with Gasteiger partial charge in [-0.3, -0.25) is 9.69 Å². The van der Waals surface area contributed by atoms with Crippen molar-refractivity contribution in [2.24, 2.45) is 0 Å². The van der Waals surface area contributed by atoms with Gasteiger partial charge in [0, 0.05) is 45.6 Å². The second-order valence-electron chi connectivity index (χ2n) is 6.13. The highest BCUT2D eigenvalue weighted by molar-refractivity contribution is 5.76. The van der Waals surface area contributed by atoms with Crippen LogP contribution in [0.3, 0.4) is 0 Å². The molecule has 7 heteroatoms. The van der Waals surface area contributed by atoms with Gasteiger partial charge in [-0.1, -0.05) is 19.0 Å². The van der Waals surface area contributed by atoms with E-state index in [2.05, 4.69) is 41.3 Å². The minimum absolute atomic E-state index is 0.147. The molecule has 0 aromatic carbocycles. The van der Waals surface area contributed by atoms with Crippen LogP contribution in [0.15, 0.2) is 4.52 Å². The highest BCUT2D eigenvalue weighted by atomic mass is 16.5. The van der Waals surface area contributed by atoms with E-state index in [-0.39, 0.29) is 11.9 Å². The van der Waals surface area contributed by atoms with E-state index in [1.165, 1.54) is 0 Å². The molecule has 0 bridgehead atoms. The molecule has 0 radical (unpaired) electrons. The topological polar surface area (TPSA) is 74.5 Å². The first-order valence-electron chi connectivity index (χ1n) is 8.66. The summed E-state index contributed by atoms with van der Waals surface area (Å²) in [6.45, 7) is 8.60. The third-order valence-corrected chi connectivity index (χ3v) is 4.19. The van der Waals surface area contributed by atoms with Crippen molar-refractivity contribution in [3.05, 3.63) is 11.7 Å². The second-order valence-corrected chi connectivity index (χ2v) is 6.13. The maximum absolute atomic E-state index is 12.3. The molecule has 0 spiro atoms. The number of hydrogen-bond acceptors (Lipinski definition) is 6. The lowest BCUT2D eigenvalue weighted by Crippen LogP contribution is -2.44. The molecular formula is C16H29N5O2. The van der Waals surface area contributed by atoms with Crippen LogP contribution in [-0.2, 0) is 11.2 Å². The lowest BCUT2D eigenvalue weighted by Gasteiger charge is -2.30.